The van der Waals surface area contributed by atoms with E-state index in [2.05, 4.69) is 68.6 Å². The van der Waals surface area contributed by atoms with E-state index >= 15 is 0 Å². The number of rotatable bonds is 10. The number of piperidine rings is 1. The zero-order valence-corrected chi connectivity index (χ0v) is 19.0. The van der Waals surface area contributed by atoms with Crippen molar-refractivity contribution in [1.82, 2.24) is 5.32 Å². The van der Waals surface area contributed by atoms with Crippen molar-refractivity contribution < 1.29 is 9.84 Å². The van der Waals surface area contributed by atoms with Crippen LogP contribution in [-0.2, 0) is 12.0 Å². The topological polar surface area (TPSA) is 41.5 Å². The van der Waals surface area contributed by atoms with Gasteiger partial charge in [0.15, 0.2) is 0 Å². The standard InChI is InChI=1S/C27H39NO2/c1-4-5-6-10-16-27(2,3)22-13-14-24(25-19-23(29)15-17-28-25)26(18-22)30-20-21-11-8-7-9-12-21/h7-9,11-14,18,23,25,28-29H,4-6,10,15-17,19-20H2,1-3H3/t23-,25+/m0/s1. The van der Waals surface area contributed by atoms with E-state index in [0.717, 1.165) is 30.7 Å². The maximum Gasteiger partial charge on any atom is 0.124 e. The van der Waals surface area contributed by atoms with Gasteiger partial charge in [-0.15, -0.1) is 0 Å². The second-order valence-electron chi connectivity index (χ2n) is 9.41. The Balaban J connectivity index is 1.81. The molecule has 0 bridgehead atoms. The Morgan fingerprint density at radius 1 is 1.07 bits per heavy atom. The third-order valence-electron chi connectivity index (χ3n) is 6.44. The Bertz CT molecular complexity index is 772. The van der Waals surface area contributed by atoms with Crippen LogP contribution in [0.25, 0.3) is 0 Å². The molecule has 2 N–H and O–H groups in total. The van der Waals surface area contributed by atoms with E-state index in [0.29, 0.717) is 6.61 Å². The minimum Gasteiger partial charge on any atom is -0.489 e. The molecule has 0 aromatic heterocycles. The molecule has 0 aliphatic carbocycles. The van der Waals surface area contributed by atoms with Gasteiger partial charge < -0.3 is 15.2 Å². The first-order valence-electron chi connectivity index (χ1n) is 11.7. The largest absolute Gasteiger partial charge is 0.489 e. The summed E-state index contributed by atoms with van der Waals surface area (Å²) in [6.45, 7) is 8.35. The highest BCUT2D eigenvalue weighted by molar-refractivity contribution is 5.42. The van der Waals surface area contributed by atoms with Crippen LogP contribution in [0.5, 0.6) is 5.75 Å². The molecule has 2 aromatic carbocycles. The van der Waals surface area contributed by atoms with Gasteiger partial charge >= 0.3 is 0 Å². The Kier molecular flexibility index (Phi) is 8.35. The molecule has 3 heteroatoms. The van der Waals surface area contributed by atoms with Crippen molar-refractivity contribution in [3.63, 3.8) is 0 Å². The van der Waals surface area contributed by atoms with Crippen molar-refractivity contribution in [2.75, 3.05) is 6.54 Å². The number of unbranched alkanes of at least 4 members (excludes halogenated alkanes) is 3. The Labute approximate surface area is 182 Å². The van der Waals surface area contributed by atoms with Crippen LogP contribution in [0.4, 0.5) is 0 Å². The molecule has 0 radical (unpaired) electrons. The van der Waals surface area contributed by atoms with E-state index in [1.165, 1.54) is 43.2 Å². The fraction of sp³-hybridized carbons (Fsp3) is 0.556. The average Bonchev–Trinajstić information content (AvgIpc) is 2.76. The van der Waals surface area contributed by atoms with Crippen LogP contribution in [-0.4, -0.2) is 17.8 Å². The van der Waals surface area contributed by atoms with Gasteiger partial charge in [-0.3, -0.25) is 0 Å². The van der Waals surface area contributed by atoms with Crippen molar-refractivity contribution in [2.45, 2.75) is 89.9 Å². The number of ether oxygens (including phenoxy) is 1. The molecule has 1 heterocycles. The summed E-state index contributed by atoms with van der Waals surface area (Å²) in [5.41, 5.74) is 3.79. The van der Waals surface area contributed by atoms with Crippen molar-refractivity contribution in [3.05, 3.63) is 65.2 Å². The molecule has 0 amide bonds. The number of benzene rings is 2. The second kappa shape index (κ2) is 11.0. The molecule has 2 aromatic rings. The summed E-state index contributed by atoms with van der Waals surface area (Å²) in [5, 5.41) is 13.8. The van der Waals surface area contributed by atoms with E-state index in [4.69, 9.17) is 4.74 Å². The van der Waals surface area contributed by atoms with Gasteiger partial charge in [0.05, 0.1) is 6.10 Å². The summed E-state index contributed by atoms with van der Waals surface area (Å²) < 4.78 is 6.37. The molecule has 164 valence electrons. The Morgan fingerprint density at radius 3 is 2.60 bits per heavy atom. The van der Waals surface area contributed by atoms with E-state index in [1.807, 2.05) is 6.07 Å². The first kappa shape index (κ1) is 22.8. The van der Waals surface area contributed by atoms with Crippen molar-refractivity contribution in [1.29, 1.82) is 0 Å². The summed E-state index contributed by atoms with van der Waals surface area (Å²) in [4.78, 5) is 0. The fourth-order valence-electron chi connectivity index (χ4n) is 4.38. The van der Waals surface area contributed by atoms with E-state index in [9.17, 15) is 5.11 Å². The maximum atomic E-state index is 10.2. The van der Waals surface area contributed by atoms with Crippen LogP contribution in [0.15, 0.2) is 48.5 Å². The smallest absolute Gasteiger partial charge is 0.124 e. The zero-order chi connectivity index (χ0) is 21.4. The molecule has 0 saturated carbocycles. The third-order valence-corrected chi connectivity index (χ3v) is 6.44. The van der Waals surface area contributed by atoms with Gasteiger partial charge in [0.2, 0.25) is 0 Å². The van der Waals surface area contributed by atoms with Gasteiger partial charge in [0, 0.05) is 11.6 Å². The highest BCUT2D eigenvalue weighted by Gasteiger charge is 2.26. The second-order valence-corrected chi connectivity index (χ2v) is 9.41. The highest BCUT2D eigenvalue weighted by atomic mass is 16.5. The predicted octanol–water partition coefficient (Wildman–Crippen LogP) is 6.30. The predicted molar refractivity (Wildman–Crippen MR) is 125 cm³/mol. The first-order chi connectivity index (χ1) is 14.5. The van der Waals surface area contributed by atoms with Crippen molar-refractivity contribution in [3.8, 4) is 5.75 Å². The van der Waals surface area contributed by atoms with Crippen LogP contribution < -0.4 is 10.1 Å². The molecule has 1 aliphatic heterocycles. The lowest BCUT2D eigenvalue weighted by Crippen LogP contribution is -2.34. The van der Waals surface area contributed by atoms with Gasteiger partial charge in [-0.2, -0.15) is 0 Å². The highest BCUT2D eigenvalue weighted by Crippen LogP contribution is 2.37. The van der Waals surface area contributed by atoms with E-state index < -0.39 is 0 Å². The molecular formula is C27H39NO2. The molecule has 0 spiro atoms. The van der Waals surface area contributed by atoms with Crippen LogP contribution >= 0.6 is 0 Å². The molecule has 1 aliphatic rings. The number of aliphatic hydroxyl groups excluding tert-OH is 1. The van der Waals surface area contributed by atoms with Crippen molar-refractivity contribution in [2.24, 2.45) is 0 Å². The third kappa shape index (κ3) is 6.33. The van der Waals surface area contributed by atoms with Crippen molar-refractivity contribution >= 4 is 0 Å². The van der Waals surface area contributed by atoms with Crippen LogP contribution in [0, 0.1) is 0 Å². The number of hydrogen-bond donors (Lipinski definition) is 2. The summed E-state index contributed by atoms with van der Waals surface area (Å²) >= 11 is 0. The van der Waals surface area contributed by atoms with Crippen LogP contribution in [0.2, 0.25) is 0 Å². The number of nitrogens with one attached hydrogen (secondary N) is 1. The lowest BCUT2D eigenvalue weighted by atomic mass is 9.79. The van der Waals surface area contributed by atoms with E-state index in [1.54, 1.807) is 0 Å². The average molecular weight is 410 g/mol. The molecule has 3 nitrogen and oxygen atoms in total. The quantitative estimate of drug-likeness (QED) is 0.453. The van der Waals surface area contributed by atoms with Gasteiger partial charge in [-0.05, 0) is 48.4 Å². The summed E-state index contributed by atoms with van der Waals surface area (Å²) in [5.74, 6) is 0.949. The Hall–Kier alpha value is -1.84. The lowest BCUT2D eigenvalue weighted by molar-refractivity contribution is 0.115. The molecular weight excluding hydrogens is 370 g/mol. The van der Waals surface area contributed by atoms with Crippen LogP contribution in [0.1, 0.15) is 88.4 Å². The molecule has 2 atom stereocenters. The van der Waals surface area contributed by atoms with Gasteiger partial charge in [0.25, 0.3) is 0 Å². The van der Waals surface area contributed by atoms with Gasteiger partial charge in [-0.1, -0.05) is 88.9 Å². The number of aliphatic hydroxyl groups is 1. The molecule has 0 unspecified atom stereocenters. The molecule has 1 fully saturated rings. The molecule has 1 saturated heterocycles. The van der Waals surface area contributed by atoms with E-state index in [-0.39, 0.29) is 17.6 Å². The van der Waals surface area contributed by atoms with Crippen LogP contribution in [0.3, 0.4) is 0 Å². The zero-order valence-electron chi connectivity index (χ0n) is 19.0. The number of hydrogen-bond acceptors (Lipinski definition) is 3. The summed E-state index contributed by atoms with van der Waals surface area (Å²) in [6.07, 6.45) is 7.65. The summed E-state index contributed by atoms with van der Waals surface area (Å²) in [7, 11) is 0. The van der Waals surface area contributed by atoms with Gasteiger partial charge in [0.1, 0.15) is 12.4 Å². The molecule has 30 heavy (non-hydrogen) atoms. The van der Waals surface area contributed by atoms with Gasteiger partial charge in [-0.25, -0.2) is 0 Å². The summed E-state index contributed by atoms with van der Waals surface area (Å²) in [6, 6.07) is 17.2. The normalized spacial score (nSPS) is 19.6. The monoisotopic (exact) mass is 409 g/mol. The molecule has 3 rings (SSSR count). The minimum absolute atomic E-state index is 0.122. The minimum atomic E-state index is -0.243. The fourth-order valence-corrected chi connectivity index (χ4v) is 4.38. The first-order valence-corrected chi connectivity index (χ1v) is 11.7. The SMILES string of the molecule is CCCCCCC(C)(C)c1ccc([C@H]2C[C@@H](O)CCN2)c(OCc2ccccc2)c1. The Morgan fingerprint density at radius 2 is 1.87 bits per heavy atom. The lowest BCUT2D eigenvalue weighted by Gasteiger charge is -2.31. The maximum absolute atomic E-state index is 10.2.